The molecule has 2 aromatic rings. The molecule has 5 nitrogen and oxygen atoms in total. The fourth-order valence-electron chi connectivity index (χ4n) is 4.02. The van der Waals surface area contributed by atoms with Gasteiger partial charge < -0.3 is 9.72 Å². The van der Waals surface area contributed by atoms with Gasteiger partial charge in [-0.05, 0) is 25.0 Å². The van der Waals surface area contributed by atoms with Crippen LogP contribution in [0, 0.1) is 0 Å². The Hall–Kier alpha value is -2.40. The number of methoxy groups -OCH3 is 1. The van der Waals surface area contributed by atoms with Gasteiger partial charge in [0.05, 0.1) is 13.2 Å². The number of para-hydroxylation sites is 1. The summed E-state index contributed by atoms with van der Waals surface area (Å²) in [6.07, 6.45) is 3.34. The number of aromatic nitrogens is 1. The molecule has 2 aliphatic heterocycles. The van der Waals surface area contributed by atoms with Crippen molar-refractivity contribution >= 4 is 22.7 Å². The third-order valence-corrected chi connectivity index (χ3v) is 5.24. The number of ether oxygens (including phenoxy) is 1. The molecule has 4 rings (SSSR count). The van der Waals surface area contributed by atoms with Gasteiger partial charge in [-0.15, -0.1) is 0 Å². The number of hydrogen-bond donors (Lipinski definition) is 1. The van der Waals surface area contributed by atoms with E-state index in [0.29, 0.717) is 13.0 Å². The van der Waals surface area contributed by atoms with Gasteiger partial charge in [-0.25, -0.2) is 0 Å². The van der Waals surface area contributed by atoms with Crippen molar-refractivity contribution < 1.29 is 14.3 Å². The molecule has 0 aliphatic carbocycles. The topological polar surface area (TPSA) is 62.4 Å². The number of nitrogens with zero attached hydrogens (tertiary/aromatic N) is 1. The van der Waals surface area contributed by atoms with Crippen molar-refractivity contribution in [2.75, 3.05) is 13.7 Å². The Bertz CT molecular complexity index is 865. The summed E-state index contributed by atoms with van der Waals surface area (Å²) < 4.78 is 5.04. The van der Waals surface area contributed by atoms with E-state index in [1.807, 2.05) is 18.2 Å². The van der Waals surface area contributed by atoms with Gasteiger partial charge in [0, 0.05) is 35.1 Å². The van der Waals surface area contributed by atoms with Crippen molar-refractivity contribution in [3.05, 3.63) is 47.2 Å². The molecule has 0 saturated heterocycles. The number of carbonyl (C=O) groups is 2. The third-order valence-electron chi connectivity index (χ3n) is 5.24. The van der Waals surface area contributed by atoms with E-state index in [2.05, 4.69) is 22.0 Å². The van der Waals surface area contributed by atoms with E-state index in [0.717, 1.165) is 23.2 Å². The maximum atomic E-state index is 12.4. The average molecular weight is 324 g/mol. The summed E-state index contributed by atoms with van der Waals surface area (Å²) in [5.41, 5.74) is 4.23. The number of Topliss-reactive ketones (excluding diaryl/α,β-unsaturated/α-hetero) is 1. The summed E-state index contributed by atoms with van der Waals surface area (Å²) in [7, 11) is 1.42. The Kier molecular flexibility index (Phi) is 3.53. The van der Waals surface area contributed by atoms with Crippen molar-refractivity contribution in [1.82, 2.24) is 9.88 Å². The fraction of sp³-hybridized carbons (Fsp3) is 0.368. The molecular formula is C19H20N2O3. The van der Waals surface area contributed by atoms with E-state index in [-0.39, 0.29) is 23.8 Å². The molecule has 24 heavy (non-hydrogen) atoms. The first-order chi connectivity index (χ1) is 11.6. The van der Waals surface area contributed by atoms with Crippen molar-refractivity contribution in [1.29, 1.82) is 0 Å². The molecule has 3 heterocycles. The van der Waals surface area contributed by atoms with Crippen molar-refractivity contribution in [2.24, 2.45) is 0 Å². The van der Waals surface area contributed by atoms with Gasteiger partial charge in [-0.1, -0.05) is 24.3 Å². The lowest BCUT2D eigenvalue weighted by molar-refractivity contribution is -0.148. The van der Waals surface area contributed by atoms with E-state index in [1.165, 1.54) is 18.1 Å². The van der Waals surface area contributed by atoms with Gasteiger partial charge in [-0.3, -0.25) is 14.5 Å². The second kappa shape index (κ2) is 5.60. The molecule has 0 bridgehead atoms. The Morgan fingerprint density at radius 1 is 1.29 bits per heavy atom. The molecule has 0 spiro atoms. The summed E-state index contributed by atoms with van der Waals surface area (Å²) in [4.78, 5) is 29.8. The van der Waals surface area contributed by atoms with Gasteiger partial charge in [0.15, 0.2) is 5.78 Å². The number of aromatic amines is 1. The molecule has 0 amide bonds. The predicted octanol–water partition coefficient (Wildman–Crippen LogP) is 2.53. The number of carbonyl (C=O) groups excluding carboxylic acids is 2. The largest absolute Gasteiger partial charge is 0.468 e. The second-order valence-corrected chi connectivity index (χ2v) is 6.52. The lowest BCUT2D eigenvalue weighted by atomic mass is 9.86. The third kappa shape index (κ3) is 2.19. The highest BCUT2D eigenvalue weighted by Gasteiger charge is 2.42. The summed E-state index contributed by atoms with van der Waals surface area (Å²) in [5.74, 6) is -0.166. The maximum absolute atomic E-state index is 12.4. The zero-order valence-corrected chi connectivity index (χ0v) is 13.8. The van der Waals surface area contributed by atoms with E-state index >= 15 is 0 Å². The smallest absolute Gasteiger partial charge is 0.323 e. The first kappa shape index (κ1) is 15.1. The number of esters is 1. The molecule has 5 heteroatoms. The highest BCUT2D eigenvalue weighted by molar-refractivity contribution is 5.94. The number of fused-ring (bicyclic) bond motifs is 5. The zero-order chi connectivity index (χ0) is 16.8. The molecule has 2 atom stereocenters. The minimum absolute atomic E-state index is 0.0690. The van der Waals surface area contributed by atoms with Crippen LogP contribution in [0.4, 0.5) is 0 Å². The molecule has 124 valence electrons. The van der Waals surface area contributed by atoms with E-state index in [9.17, 15) is 9.59 Å². The van der Waals surface area contributed by atoms with Crippen LogP contribution in [0.15, 0.2) is 35.9 Å². The maximum Gasteiger partial charge on any atom is 0.323 e. The van der Waals surface area contributed by atoms with E-state index in [4.69, 9.17) is 4.74 Å². The van der Waals surface area contributed by atoms with Crippen LogP contribution in [0.25, 0.3) is 10.9 Å². The predicted molar refractivity (Wildman–Crippen MR) is 90.6 cm³/mol. The highest BCUT2D eigenvalue weighted by atomic mass is 16.5. The number of benzene rings is 1. The minimum atomic E-state index is -0.352. The average Bonchev–Trinajstić information content (AvgIpc) is 2.98. The van der Waals surface area contributed by atoms with Crippen LogP contribution in [-0.2, 0) is 20.7 Å². The minimum Gasteiger partial charge on any atom is -0.468 e. The second-order valence-electron chi connectivity index (χ2n) is 6.52. The first-order valence-electron chi connectivity index (χ1n) is 8.23. The lowest BCUT2D eigenvalue weighted by Gasteiger charge is -2.42. The normalized spacial score (nSPS) is 23.3. The van der Waals surface area contributed by atoms with Gasteiger partial charge in [0.2, 0.25) is 0 Å². The van der Waals surface area contributed by atoms with Crippen LogP contribution in [-0.4, -0.2) is 41.3 Å². The van der Waals surface area contributed by atoms with E-state index < -0.39 is 0 Å². The van der Waals surface area contributed by atoms with Gasteiger partial charge in [-0.2, -0.15) is 0 Å². The van der Waals surface area contributed by atoms with Crippen molar-refractivity contribution in [2.45, 2.75) is 31.8 Å². The number of H-pyrrole nitrogens is 1. The zero-order valence-electron chi connectivity index (χ0n) is 13.8. The van der Waals surface area contributed by atoms with Gasteiger partial charge >= 0.3 is 5.97 Å². The van der Waals surface area contributed by atoms with Crippen molar-refractivity contribution in [3.8, 4) is 0 Å². The standard InChI is InChI=1S/C19H20N2O3/c1-11(22)12-7-8-16-18-14(13-5-3-4-6-15(13)20-18)9-17(19(23)24-2)21(16)10-12/h3-7,16-17,20H,8-10H2,1-2H3/t16-,17-/m0/s1. The Labute approximate surface area is 140 Å². The Balaban J connectivity index is 1.85. The summed E-state index contributed by atoms with van der Waals surface area (Å²) >= 11 is 0. The quantitative estimate of drug-likeness (QED) is 0.862. The van der Waals surface area contributed by atoms with Gasteiger partial charge in [0.25, 0.3) is 0 Å². The molecule has 2 aliphatic rings. The van der Waals surface area contributed by atoms with E-state index in [1.54, 1.807) is 6.92 Å². The molecule has 1 aromatic heterocycles. The molecule has 1 aromatic carbocycles. The number of rotatable bonds is 2. The molecule has 0 unspecified atom stereocenters. The monoisotopic (exact) mass is 324 g/mol. The molecule has 0 saturated carbocycles. The molecule has 0 fully saturated rings. The van der Waals surface area contributed by atoms with Crippen molar-refractivity contribution in [3.63, 3.8) is 0 Å². The fourth-order valence-corrected chi connectivity index (χ4v) is 4.02. The summed E-state index contributed by atoms with van der Waals surface area (Å²) in [6, 6.07) is 7.90. The lowest BCUT2D eigenvalue weighted by Crippen LogP contribution is -2.51. The van der Waals surface area contributed by atoms with Crippen LogP contribution < -0.4 is 0 Å². The number of ketones is 1. The SMILES string of the molecule is COC(=O)[C@@H]1Cc2c([nH]c3ccccc23)[C@@H]2CC=C(C(C)=O)CN12. The Morgan fingerprint density at radius 2 is 2.08 bits per heavy atom. The molecule has 1 N–H and O–H groups in total. The highest BCUT2D eigenvalue weighted by Crippen LogP contribution is 2.41. The first-order valence-corrected chi connectivity index (χ1v) is 8.23. The summed E-state index contributed by atoms with van der Waals surface area (Å²) in [6.45, 7) is 2.08. The van der Waals surface area contributed by atoms with Gasteiger partial charge in [0.1, 0.15) is 6.04 Å². The van der Waals surface area contributed by atoms with Crippen LogP contribution in [0.3, 0.4) is 0 Å². The number of hydrogen-bond acceptors (Lipinski definition) is 4. The van der Waals surface area contributed by atoms with Crippen LogP contribution in [0.2, 0.25) is 0 Å². The number of nitrogens with one attached hydrogen (secondary N) is 1. The molecular weight excluding hydrogens is 304 g/mol. The Morgan fingerprint density at radius 3 is 2.83 bits per heavy atom. The molecule has 0 radical (unpaired) electrons. The summed E-state index contributed by atoms with van der Waals surface area (Å²) in [5, 5.41) is 1.17. The van der Waals surface area contributed by atoms with Crippen LogP contribution in [0.5, 0.6) is 0 Å². The van der Waals surface area contributed by atoms with Crippen LogP contribution >= 0.6 is 0 Å². The van der Waals surface area contributed by atoms with Crippen LogP contribution in [0.1, 0.15) is 30.6 Å².